The lowest BCUT2D eigenvalue weighted by molar-refractivity contribution is -0.173. The molecule has 0 radical (unpaired) electrons. The van der Waals surface area contributed by atoms with Crippen LogP contribution in [0.2, 0.25) is 0 Å². The van der Waals surface area contributed by atoms with Crippen LogP contribution < -0.4 is 16.0 Å². The number of hydrogen-bond donors (Lipinski definition) is 4. The number of carboxylic acids is 1. The second kappa shape index (κ2) is 12.1. The summed E-state index contributed by atoms with van der Waals surface area (Å²) >= 11 is 0. The average molecular weight is 437 g/mol. The Hall–Kier alpha value is -2.54. The van der Waals surface area contributed by atoms with E-state index in [2.05, 4.69) is 5.32 Å². The molecular weight excluding hydrogens is 416 g/mol. The molecule has 1 atom stereocenters. The number of unbranched alkanes of at least 4 members (excludes halogenated alkanes) is 2. The molecule has 0 aromatic heterocycles. The molecule has 0 aliphatic rings. The summed E-state index contributed by atoms with van der Waals surface area (Å²) in [6.07, 6.45) is -9.79. The molecule has 8 nitrogen and oxygen atoms in total. The van der Waals surface area contributed by atoms with E-state index in [1.807, 2.05) is 0 Å². The summed E-state index contributed by atoms with van der Waals surface area (Å²) in [5.41, 5.74) is 0. The average Bonchev–Trinajstić information content (AvgIpc) is 2.58. The van der Waals surface area contributed by atoms with Crippen molar-refractivity contribution in [1.82, 2.24) is 16.0 Å². The fraction of sp³-hybridized carbons (Fsp3) is 0.733. The number of alkyl halides is 6. The minimum absolute atomic E-state index is 0.123. The van der Waals surface area contributed by atoms with Gasteiger partial charge in [0.05, 0.1) is 0 Å². The van der Waals surface area contributed by atoms with Crippen molar-refractivity contribution in [2.24, 2.45) is 0 Å². The Morgan fingerprint density at radius 2 is 1.24 bits per heavy atom. The predicted octanol–water partition coefficient (Wildman–Crippen LogP) is 1.25. The third-order valence-electron chi connectivity index (χ3n) is 3.47. The van der Waals surface area contributed by atoms with Gasteiger partial charge in [-0.3, -0.25) is 14.4 Å². The zero-order valence-electron chi connectivity index (χ0n) is 15.1. The van der Waals surface area contributed by atoms with Crippen LogP contribution in [-0.2, 0) is 19.2 Å². The summed E-state index contributed by atoms with van der Waals surface area (Å²) in [6.45, 7) is -0.664. The van der Waals surface area contributed by atoms with Gasteiger partial charge < -0.3 is 21.1 Å². The molecule has 0 aliphatic carbocycles. The van der Waals surface area contributed by atoms with Gasteiger partial charge in [0.25, 0.3) is 0 Å². The fourth-order valence-corrected chi connectivity index (χ4v) is 2.02. The first-order valence-corrected chi connectivity index (χ1v) is 8.47. The van der Waals surface area contributed by atoms with Crippen LogP contribution in [0.25, 0.3) is 0 Å². The lowest BCUT2D eigenvalue weighted by Gasteiger charge is -2.15. The molecule has 3 amide bonds. The highest BCUT2D eigenvalue weighted by Gasteiger charge is 2.38. The van der Waals surface area contributed by atoms with Crippen LogP contribution in [0.5, 0.6) is 0 Å². The van der Waals surface area contributed by atoms with E-state index in [9.17, 15) is 45.5 Å². The maximum atomic E-state index is 12.0. The van der Waals surface area contributed by atoms with E-state index in [1.54, 1.807) is 10.6 Å². The van der Waals surface area contributed by atoms with E-state index in [1.165, 1.54) is 0 Å². The van der Waals surface area contributed by atoms with Gasteiger partial charge in [0.1, 0.15) is 6.04 Å². The normalized spacial score (nSPS) is 12.8. The highest BCUT2D eigenvalue weighted by Crippen LogP contribution is 2.14. The van der Waals surface area contributed by atoms with Crippen molar-refractivity contribution in [2.45, 2.75) is 56.9 Å². The summed E-state index contributed by atoms with van der Waals surface area (Å²) in [4.78, 5) is 43.9. The van der Waals surface area contributed by atoms with Crippen LogP contribution in [-0.4, -0.2) is 60.3 Å². The van der Waals surface area contributed by atoms with Crippen molar-refractivity contribution in [3.63, 3.8) is 0 Å². The number of amides is 3. The third kappa shape index (κ3) is 12.5. The molecule has 4 N–H and O–H groups in total. The largest absolute Gasteiger partial charge is 0.480 e. The molecule has 0 rings (SSSR count). The van der Waals surface area contributed by atoms with Crippen molar-refractivity contribution in [3.05, 3.63) is 0 Å². The molecule has 0 saturated carbocycles. The molecule has 0 spiro atoms. The highest BCUT2D eigenvalue weighted by molar-refractivity contribution is 5.83. The maximum Gasteiger partial charge on any atom is 0.471 e. The van der Waals surface area contributed by atoms with Gasteiger partial charge in [-0.15, -0.1) is 0 Å². The number of carbonyl (C=O) groups excluding carboxylic acids is 3. The first-order chi connectivity index (χ1) is 13.2. The molecule has 0 saturated heterocycles. The molecule has 0 fully saturated rings. The molecule has 0 bridgehead atoms. The monoisotopic (exact) mass is 437 g/mol. The Bertz CT molecular complexity index is 580. The minimum atomic E-state index is -5.05. The van der Waals surface area contributed by atoms with Crippen LogP contribution in [0.3, 0.4) is 0 Å². The van der Waals surface area contributed by atoms with E-state index >= 15 is 0 Å². The van der Waals surface area contributed by atoms with Gasteiger partial charge in [0, 0.05) is 19.5 Å². The Balaban J connectivity index is 4.03. The van der Waals surface area contributed by atoms with Gasteiger partial charge in [0.2, 0.25) is 5.91 Å². The first-order valence-electron chi connectivity index (χ1n) is 8.47. The Morgan fingerprint density at radius 1 is 0.759 bits per heavy atom. The number of hydrogen-bond acceptors (Lipinski definition) is 4. The smallest absolute Gasteiger partial charge is 0.471 e. The molecule has 0 heterocycles. The van der Waals surface area contributed by atoms with Crippen LogP contribution in [0.1, 0.15) is 38.5 Å². The summed E-state index contributed by atoms with van der Waals surface area (Å²) in [5, 5.41) is 14.4. The Kier molecular flexibility index (Phi) is 11.1. The topological polar surface area (TPSA) is 125 Å². The number of carbonyl (C=O) groups is 4. The molecule has 168 valence electrons. The summed E-state index contributed by atoms with van der Waals surface area (Å²) < 4.78 is 71.8. The highest BCUT2D eigenvalue weighted by atomic mass is 19.4. The number of carboxylic acid groups (broad SMARTS) is 1. The first kappa shape index (κ1) is 26.5. The molecule has 0 aromatic carbocycles. The second-order valence-corrected chi connectivity index (χ2v) is 5.92. The standard InChI is InChI=1S/C15H21F6N3O5/c16-14(17,18)12(28)22-7-3-1-2-6-10(25)24-9(11(26)27)5-4-8-23-13(29)15(19,20)21/h9H,1-8H2,(H,22,28)(H,23,29)(H,24,25)(H,26,27). The number of nitrogens with one attached hydrogen (secondary N) is 3. The van der Waals surface area contributed by atoms with Crippen LogP contribution in [0.15, 0.2) is 0 Å². The Morgan fingerprint density at radius 3 is 1.69 bits per heavy atom. The quantitative estimate of drug-likeness (QED) is 0.270. The molecule has 1 unspecified atom stereocenters. The maximum absolute atomic E-state index is 12.0. The van der Waals surface area contributed by atoms with Crippen molar-refractivity contribution in [1.29, 1.82) is 0 Å². The summed E-state index contributed by atoms with van der Waals surface area (Å²) in [6, 6.07) is -1.36. The van der Waals surface area contributed by atoms with E-state index in [0.29, 0.717) is 6.42 Å². The second-order valence-electron chi connectivity index (χ2n) is 5.92. The fourth-order valence-electron chi connectivity index (χ4n) is 2.02. The summed E-state index contributed by atoms with van der Waals surface area (Å²) in [5.74, 6) is -6.28. The number of halogens is 6. The molecule has 0 aromatic rings. The SMILES string of the molecule is O=C(CCCCCNC(=O)C(F)(F)F)NC(CCCNC(=O)C(F)(F)F)C(=O)O. The molecule has 29 heavy (non-hydrogen) atoms. The predicted molar refractivity (Wildman–Crippen MR) is 85.4 cm³/mol. The van der Waals surface area contributed by atoms with Crippen molar-refractivity contribution in [2.75, 3.05) is 13.1 Å². The van der Waals surface area contributed by atoms with E-state index in [-0.39, 0.29) is 38.6 Å². The minimum Gasteiger partial charge on any atom is -0.480 e. The molecular formula is C15H21F6N3O5. The molecule has 14 heteroatoms. The number of aliphatic carboxylic acids is 1. The van der Waals surface area contributed by atoms with E-state index in [4.69, 9.17) is 5.11 Å². The zero-order valence-corrected chi connectivity index (χ0v) is 15.1. The third-order valence-corrected chi connectivity index (χ3v) is 3.47. The van der Waals surface area contributed by atoms with Crippen LogP contribution in [0, 0.1) is 0 Å². The molecule has 0 aliphatic heterocycles. The van der Waals surface area contributed by atoms with Gasteiger partial charge in [-0.05, 0) is 25.7 Å². The van der Waals surface area contributed by atoms with E-state index in [0.717, 1.165) is 0 Å². The van der Waals surface area contributed by atoms with Crippen molar-refractivity contribution < 1.29 is 50.6 Å². The zero-order chi connectivity index (χ0) is 22.7. The van der Waals surface area contributed by atoms with Gasteiger partial charge in [-0.2, -0.15) is 26.3 Å². The van der Waals surface area contributed by atoms with Crippen LogP contribution in [0.4, 0.5) is 26.3 Å². The van der Waals surface area contributed by atoms with Gasteiger partial charge in [-0.1, -0.05) is 6.42 Å². The lowest BCUT2D eigenvalue weighted by Crippen LogP contribution is -2.42. The van der Waals surface area contributed by atoms with Gasteiger partial charge in [0.15, 0.2) is 0 Å². The van der Waals surface area contributed by atoms with Crippen molar-refractivity contribution >= 4 is 23.7 Å². The van der Waals surface area contributed by atoms with Crippen LogP contribution >= 0.6 is 0 Å². The van der Waals surface area contributed by atoms with Crippen molar-refractivity contribution in [3.8, 4) is 0 Å². The van der Waals surface area contributed by atoms with Gasteiger partial charge in [-0.25, -0.2) is 4.79 Å². The van der Waals surface area contributed by atoms with E-state index < -0.39 is 48.6 Å². The van der Waals surface area contributed by atoms with Gasteiger partial charge >= 0.3 is 30.1 Å². The summed E-state index contributed by atoms with van der Waals surface area (Å²) in [7, 11) is 0. The lowest BCUT2D eigenvalue weighted by atomic mass is 10.1. The Labute approximate surface area is 161 Å². The number of rotatable bonds is 12.